The highest BCUT2D eigenvalue weighted by Gasteiger charge is 2.77. The van der Waals surface area contributed by atoms with E-state index in [0.29, 0.717) is 16.0 Å². The quantitative estimate of drug-likeness (QED) is 0.312. The van der Waals surface area contributed by atoms with Crippen molar-refractivity contribution < 1.29 is 42.9 Å². The number of amides is 5. The number of ether oxygens (including phenoxy) is 2. The second-order valence-corrected chi connectivity index (χ2v) is 11.9. The highest BCUT2D eigenvalue weighted by atomic mass is 35.5. The minimum Gasteiger partial charge on any atom is -0.508 e. The van der Waals surface area contributed by atoms with E-state index in [1.165, 1.54) is 37.4 Å². The fraction of sp³-hybridized carbons (Fsp3) is 0.345. The number of rotatable bonds is 3. The van der Waals surface area contributed by atoms with Crippen LogP contribution in [0, 0.1) is 23.6 Å². The number of benzene rings is 2. The second kappa shape index (κ2) is 9.53. The van der Waals surface area contributed by atoms with E-state index in [9.17, 15) is 33.5 Å². The van der Waals surface area contributed by atoms with Gasteiger partial charge in [-0.25, -0.2) is 14.1 Å². The Morgan fingerprint density at radius 2 is 1.69 bits per heavy atom. The van der Waals surface area contributed by atoms with Crippen LogP contribution in [0.4, 0.5) is 14.9 Å². The lowest BCUT2D eigenvalue weighted by atomic mass is 9.56. The maximum atomic E-state index is 14.3. The zero-order valence-corrected chi connectivity index (χ0v) is 23.7. The molecule has 0 aromatic heterocycles. The largest absolute Gasteiger partial charge is 0.508 e. The zero-order valence-electron chi connectivity index (χ0n) is 22.2. The number of aromatic hydroxyl groups is 1. The number of hydrogen-bond acceptors (Lipinski definition) is 8. The van der Waals surface area contributed by atoms with Gasteiger partial charge in [-0.05, 0) is 49.1 Å². The van der Waals surface area contributed by atoms with Crippen LogP contribution in [-0.2, 0) is 23.9 Å². The summed E-state index contributed by atoms with van der Waals surface area (Å²) in [5, 5.41) is 10.2. The number of phenols is 1. The summed E-state index contributed by atoms with van der Waals surface area (Å²) in [4.78, 5) is 64.5. The molecule has 218 valence electrons. The van der Waals surface area contributed by atoms with Crippen LogP contribution in [0.3, 0.4) is 0 Å². The van der Waals surface area contributed by atoms with Crippen molar-refractivity contribution in [2.75, 3.05) is 19.1 Å². The number of allylic oxidation sites excluding steroid dienone is 2. The molecule has 42 heavy (non-hydrogen) atoms. The lowest BCUT2D eigenvalue weighted by Crippen LogP contribution is -2.60. The van der Waals surface area contributed by atoms with Crippen LogP contribution in [0.15, 0.2) is 54.1 Å². The average molecular weight is 617 g/mol. The highest BCUT2D eigenvalue weighted by molar-refractivity contribution is 6.58. The van der Waals surface area contributed by atoms with Crippen LogP contribution >= 0.6 is 23.2 Å². The first kappa shape index (κ1) is 28.2. The molecular formula is C29H23Cl2FN2O8. The third-order valence-electron chi connectivity index (χ3n) is 8.78. The Hall–Kier alpha value is -3.96. The maximum absolute atomic E-state index is 14.3. The van der Waals surface area contributed by atoms with E-state index in [-0.39, 0.29) is 30.0 Å². The number of halogens is 3. The molecule has 1 saturated carbocycles. The van der Waals surface area contributed by atoms with Crippen LogP contribution in [0.5, 0.6) is 11.5 Å². The van der Waals surface area contributed by atoms with Crippen LogP contribution in [-0.4, -0.2) is 63.7 Å². The Morgan fingerprint density at radius 1 is 1.00 bits per heavy atom. The summed E-state index contributed by atoms with van der Waals surface area (Å²) in [5.74, 6) is -8.01. The Labute approximate surface area is 248 Å². The topological polar surface area (TPSA) is 131 Å². The molecule has 5 amide bonds. The number of carbonyl (C=O) groups is 5. The van der Waals surface area contributed by atoms with Crippen molar-refractivity contribution in [3.8, 4) is 11.5 Å². The minimum atomic E-state index is -2.17. The molecule has 0 bridgehead atoms. The van der Waals surface area contributed by atoms with Crippen LogP contribution in [0.2, 0.25) is 0 Å². The molecule has 4 aliphatic rings. The molecule has 1 N–H and O–H groups in total. The molecule has 13 heteroatoms. The SMILES string of the molecule is COC(=O)N1C(=O)C2CC=C3C(CC4(Cl)C(=O)N(c5ccc(F)cc5)C(=O)C4(Cl)C3c3ccc(O)cc3OC)C2C1=O. The molecule has 2 heterocycles. The molecule has 2 saturated heterocycles. The number of nitrogens with zero attached hydrogens (tertiary/aromatic N) is 2. The van der Waals surface area contributed by atoms with Crippen molar-refractivity contribution in [1.82, 2.24) is 4.90 Å². The Morgan fingerprint density at radius 3 is 2.33 bits per heavy atom. The van der Waals surface area contributed by atoms with Crippen molar-refractivity contribution in [3.63, 3.8) is 0 Å². The lowest BCUT2D eigenvalue weighted by Gasteiger charge is -2.50. The van der Waals surface area contributed by atoms with Gasteiger partial charge in [-0.15, -0.1) is 23.2 Å². The monoisotopic (exact) mass is 616 g/mol. The molecule has 2 aliphatic carbocycles. The molecule has 0 radical (unpaired) electrons. The van der Waals surface area contributed by atoms with Crippen molar-refractivity contribution in [3.05, 3.63) is 65.5 Å². The number of fused-ring (bicyclic) bond motifs is 4. The van der Waals surface area contributed by atoms with Gasteiger partial charge < -0.3 is 14.6 Å². The summed E-state index contributed by atoms with van der Waals surface area (Å²) >= 11 is 14.5. The summed E-state index contributed by atoms with van der Waals surface area (Å²) in [6, 6.07) is 8.80. The van der Waals surface area contributed by atoms with Gasteiger partial charge in [-0.3, -0.25) is 19.2 Å². The van der Waals surface area contributed by atoms with Gasteiger partial charge in [0.1, 0.15) is 17.3 Å². The van der Waals surface area contributed by atoms with Gasteiger partial charge in [0, 0.05) is 17.5 Å². The minimum absolute atomic E-state index is 0.0380. The fourth-order valence-corrected chi connectivity index (χ4v) is 7.88. The molecule has 6 unspecified atom stereocenters. The third kappa shape index (κ3) is 3.53. The number of imide groups is 4. The van der Waals surface area contributed by atoms with Gasteiger partial charge in [0.15, 0.2) is 9.75 Å². The van der Waals surface area contributed by atoms with E-state index in [0.717, 1.165) is 24.1 Å². The molecule has 6 atom stereocenters. The first-order valence-corrected chi connectivity index (χ1v) is 13.7. The van der Waals surface area contributed by atoms with E-state index in [4.69, 9.17) is 27.9 Å². The summed E-state index contributed by atoms with van der Waals surface area (Å²) in [6.07, 6.45) is 0.277. The average Bonchev–Trinajstić information content (AvgIpc) is 3.31. The van der Waals surface area contributed by atoms with Crippen LogP contribution in [0.25, 0.3) is 0 Å². The standard InChI is InChI=1S/C29H23Cl2FN2O8/c1-41-20-11-15(35)7-8-17(20)22-16-9-10-18-21(24(37)34(23(18)36)27(40)42-2)19(16)12-28(30)25(38)33(26(39)29(22,28)31)14-5-3-13(32)4-6-14/h3-9,11,18-19,21-22,35H,10,12H2,1-2H3. The number of likely N-dealkylation sites (tertiary alicyclic amines) is 1. The molecular weight excluding hydrogens is 594 g/mol. The maximum Gasteiger partial charge on any atom is 0.423 e. The van der Waals surface area contributed by atoms with E-state index >= 15 is 0 Å². The summed E-state index contributed by atoms with van der Waals surface area (Å²) < 4.78 is 23.9. The van der Waals surface area contributed by atoms with Crippen molar-refractivity contribution >= 4 is 58.6 Å². The molecule has 6 rings (SSSR count). The molecule has 0 spiro atoms. The van der Waals surface area contributed by atoms with Crippen molar-refractivity contribution in [2.45, 2.75) is 28.5 Å². The number of hydrogen-bond donors (Lipinski definition) is 1. The van der Waals surface area contributed by atoms with Gasteiger partial charge in [0.25, 0.3) is 11.8 Å². The Kier molecular flexibility index (Phi) is 6.39. The van der Waals surface area contributed by atoms with Gasteiger partial charge in [-0.2, -0.15) is 4.90 Å². The summed E-state index contributed by atoms with van der Waals surface area (Å²) in [6.45, 7) is 0. The molecule has 10 nitrogen and oxygen atoms in total. The van der Waals surface area contributed by atoms with Crippen LogP contribution in [0.1, 0.15) is 24.3 Å². The fourth-order valence-electron chi connectivity index (χ4n) is 6.95. The summed E-state index contributed by atoms with van der Waals surface area (Å²) in [7, 11) is 2.39. The van der Waals surface area contributed by atoms with E-state index in [1.54, 1.807) is 6.08 Å². The number of methoxy groups -OCH3 is 2. The van der Waals surface area contributed by atoms with Crippen molar-refractivity contribution in [1.29, 1.82) is 0 Å². The van der Waals surface area contributed by atoms with Gasteiger partial charge in [0.05, 0.1) is 31.7 Å². The third-order valence-corrected chi connectivity index (χ3v) is 10.2. The predicted octanol–water partition coefficient (Wildman–Crippen LogP) is 3.87. The highest BCUT2D eigenvalue weighted by Crippen LogP contribution is 2.66. The number of phenolic OH excluding ortho intramolecular Hbond substituents is 1. The van der Waals surface area contributed by atoms with Gasteiger partial charge in [-0.1, -0.05) is 17.7 Å². The van der Waals surface area contributed by atoms with E-state index < -0.39 is 69.0 Å². The number of alkyl halides is 2. The van der Waals surface area contributed by atoms with Gasteiger partial charge >= 0.3 is 6.09 Å². The van der Waals surface area contributed by atoms with E-state index in [1.807, 2.05) is 0 Å². The summed E-state index contributed by atoms with van der Waals surface area (Å²) in [5.41, 5.74) is 0.797. The van der Waals surface area contributed by atoms with Crippen LogP contribution < -0.4 is 9.64 Å². The van der Waals surface area contributed by atoms with E-state index in [2.05, 4.69) is 4.74 Å². The zero-order chi connectivity index (χ0) is 30.3. The Balaban J connectivity index is 1.58. The second-order valence-electron chi connectivity index (χ2n) is 10.7. The molecule has 2 aromatic carbocycles. The predicted molar refractivity (Wildman–Crippen MR) is 146 cm³/mol. The van der Waals surface area contributed by atoms with Crippen molar-refractivity contribution in [2.24, 2.45) is 17.8 Å². The molecule has 3 fully saturated rings. The first-order valence-electron chi connectivity index (χ1n) is 13.0. The van der Waals surface area contributed by atoms with Gasteiger partial charge in [0.2, 0.25) is 11.8 Å². The number of carbonyl (C=O) groups excluding carboxylic acids is 5. The smallest absolute Gasteiger partial charge is 0.423 e. The normalized spacial score (nSPS) is 31.9. The first-order chi connectivity index (χ1) is 19.9. The lowest BCUT2D eigenvalue weighted by molar-refractivity contribution is -0.138. The Bertz CT molecular complexity index is 1610. The number of anilines is 1. The molecule has 2 aliphatic heterocycles. The molecule has 2 aromatic rings.